The number of hydrogen-bond acceptors (Lipinski definition) is 6. The van der Waals surface area contributed by atoms with Crippen LogP contribution in [0, 0.1) is 0 Å². The lowest BCUT2D eigenvalue weighted by molar-refractivity contribution is -0.0512. The van der Waals surface area contributed by atoms with Gasteiger partial charge in [-0.25, -0.2) is 9.69 Å². The van der Waals surface area contributed by atoms with E-state index in [4.69, 9.17) is 9.47 Å². The van der Waals surface area contributed by atoms with Crippen molar-refractivity contribution in [3.8, 4) is 11.5 Å². The quantitative estimate of drug-likeness (QED) is 0.388. The molecule has 4 rings (SSSR count). The normalized spacial score (nSPS) is 12.7. The number of anilines is 1. The molecular formula is C24H17F2NO6. The molecule has 0 N–H and O–H groups in total. The zero-order valence-corrected chi connectivity index (χ0v) is 17.3. The number of carbonyl (C=O) groups excluding carboxylic acids is 3. The van der Waals surface area contributed by atoms with Gasteiger partial charge >= 0.3 is 12.6 Å². The van der Waals surface area contributed by atoms with E-state index in [0.717, 1.165) is 4.90 Å². The lowest BCUT2D eigenvalue weighted by Gasteiger charge is -2.14. The van der Waals surface area contributed by atoms with Gasteiger partial charge in [-0.15, -0.1) is 0 Å². The highest BCUT2D eigenvalue weighted by Gasteiger charge is 2.36. The van der Waals surface area contributed by atoms with Crippen molar-refractivity contribution in [1.82, 2.24) is 0 Å². The highest BCUT2D eigenvalue weighted by molar-refractivity contribution is 6.34. The molecule has 0 saturated carbocycles. The zero-order chi connectivity index (χ0) is 23.5. The number of rotatable bonds is 7. The average molecular weight is 453 g/mol. The first kappa shape index (κ1) is 21.9. The van der Waals surface area contributed by atoms with Gasteiger partial charge in [-0.05, 0) is 54.1 Å². The second kappa shape index (κ2) is 9.07. The minimum absolute atomic E-state index is 0.0779. The third-order valence-electron chi connectivity index (χ3n) is 4.97. The van der Waals surface area contributed by atoms with Crippen LogP contribution in [-0.4, -0.2) is 31.5 Å². The number of hydrogen-bond donors (Lipinski definition) is 0. The van der Waals surface area contributed by atoms with E-state index in [9.17, 15) is 23.2 Å². The van der Waals surface area contributed by atoms with Crippen LogP contribution in [0.2, 0.25) is 0 Å². The molecule has 33 heavy (non-hydrogen) atoms. The molecule has 9 heteroatoms. The molecule has 3 aromatic rings. The van der Waals surface area contributed by atoms with Gasteiger partial charge in [-0.2, -0.15) is 8.78 Å². The molecule has 1 heterocycles. The number of imide groups is 1. The predicted octanol–water partition coefficient (Wildman–Crippen LogP) is 4.45. The molecule has 3 aromatic carbocycles. The van der Waals surface area contributed by atoms with Crippen molar-refractivity contribution in [2.24, 2.45) is 0 Å². The molecule has 0 bridgehead atoms. The maximum Gasteiger partial charge on any atom is 0.387 e. The van der Waals surface area contributed by atoms with E-state index in [1.54, 1.807) is 24.3 Å². The number of amides is 2. The van der Waals surface area contributed by atoms with Gasteiger partial charge in [0.2, 0.25) is 0 Å². The van der Waals surface area contributed by atoms with E-state index in [-0.39, 0.29) is 23.7 Å². The number of fused-ring (bicyclic) bond motifs is 1. The van der Waals surface area contributed by atoms with E-state index in [1.807, 2.05) is 0 Å². The van der Waals surface area contributed by atoms with Gasteiger partial charge in [-0.3, -0.25) is 9.59 Å². The summed E-state index contributed by atoms with van der Waals surface area (Å²) in [6.07, 6.45) is 0. The maximum atomic E-state index is 12.6. The lowest BCUT2D eigenvalue weighted by atomic mass is 10.1. The van der Waals surface area contributed by atoms with E-state index >= 15 is 0 Å². The topological polar surface area (TPSA) is 82.1 Å². The highest BCUT2D eigenvalue weighted by Crippen LogP contribution is 2.30. The monoisotopic (exact) mass is 453 g/mol. The Morgan fingerprint density at radius 3 is 2.12 bits per heavy atom. The summed E-state index contributed by atoms with van der Waals surface area (Å²) in [6.45, 7) is -3.13. The Morgan fingerprint density at radius 1 is 0.909 bits per heavy atom. The van der Waals surface area contributed by atoms with Crippen molar-refractivity contribution in [2.75, 3.05) is 12.0 Å². The molecule has 0 saturated heterocycles. The minimum atomic E-state index is -2.99. The van der Waals surface area contributed by atoms with Crippen molar-refractivity contribution in [3.05, 3.63) is 89.0 Å². The molecular weight excluding hydrogens is 436 g/mol. The summed E-state index contributed by atoms with van der Waals surface area (Å²) in [4.78, 5) is 38.6. The van der Waals surface area contributed by atoms with Gasteiger partial charge in [0.05, 0.1) is 29.5 Å². The molecule has 1 aliphatic rings. The second-order valence-electron chi connectivity index (χ2n) is 6.98. The number of halogens is 2. The van der Waals surface area contributed by atoms with Gasteiger partial charge in [0, 0.05) is 0 Å². The molecule has 0 aromatic heterocycles. The minimum Gasteiger partial charge on any atom is -0.493 e. The van der Waals surface area contributed by atoms with Crippen LogP contribution in [0.4, 0.5) is 14.5 Å². The fraction of sp³-hybridized carbons (Fsp3) is 0.125. The largest absolute Gasteiger partial charge is 0.493 e. The molecule has 7 nitrogen and oxygen atoms in total. The fourth-order valence-electron chi connectivity index (χ4n) is 3.40. The molecule has 0 unspecified atom stereocenters. The van der Waals surface area contributed by atoms with E-state index in [2.05, 4.69) is 4.74 Å². The first-order chi connectivity index (χ1) is 15.9. The van der Waals surface area contributed by atoms with Crippen LogP contribution in [0.3, 0.4) is 0 Å². The Kier molecular flexibility index (Phi) is 6.03. The van der Waals surface area contributed by atoms with Gasteiger partial charge in [0.25, 0.3) is 11.8 Å². The number of ether oxygens (including phenoxy) is 3. The molecule has 1 aliphatic heterocycles. The number of methoxy groups -OCH3 is 1. The number of carbonyl (C=O) groups is 3. The first-order valence-electron chi connectivity index (χ1n) is 9.75. The zero-order valence-electron chi connectivity index (χ0n) is 17.3. The van der Waals surface area contributed by atoms with Crippen molar-refractivity contribution >= 4 is 23.5 Å². The molecule has 0 spiro atoms. The Hall–Kier alpha value is -4.27. The Bertz CT molecular complexity index is 1190. The third kappa shape index (κ3) is 4.38. The Labute approximate surface area is 187 Å². The average Bonchev–Trinajstić information content (AvgIpc) is 3.08. The highest BCUT2D eigenvalue weighted by atomic mass is 19.3. The van der Waals surface area contributed by atoms with Crippen LogP contribution in [0.1, 0.15) is 36.6 Å². The predicted molar refractivity (Wildman–Crippen MR) is 113 cm³/mol. The van der Waals surface area contributed by atoms with Crippen LogP contribution >= 0.6 is 0 Å². The summed E-state index contributed by atoms with van der Waals surface area (Å²) in [6, 6.07) is 16.6. The number of esters is 1. The summed E-state index contributed by atoms with van der Waals surface area (Å²) < 4.78 is 39.5. The standard InChI is InChI=1S/C24H17F2NO6/c1-31-20-12-14(6-11-19(20)33-24(25)26)13-32-23(30)15-7-9-16(10-8-15)27-21(28)17-4-2-3-5-18(17)22(27)29/h2-12,24H,13H2,1H3. The molecule has 0 radical (unpaired) electrons. The molecule has 2 amide bonds. The van der Waals surface area contributed by atoms with Crippen LogP contribution < -0.4 is 14.4 Å². The molecule has 0 atom stereocenters. The second-order valence-corrected chi connectivity index (χ2v) is 6.98. The summed E-state index contributed by atoms with van der Waals surface area (Å²) >= 11 is 0. The van der Waals surface area contributed by atoms with Crippen molar-refractivity contribution in [3.63, 3.8) is 0 Å². The van der Waals surface area contributed by atoms with Crippen molar-refractivity contribution in [2.45, 2.75) is 13.2 Å². The van der Waals surface area contributed by atoms with Crippen LogP contribution in [-0.2, 0) is 11.3 Å². The summed E-state index contributed by atoms with van der Waals surface area (Å²) in [5.41, 5.74) is 1.69. The van der Waals surface area contributed by atoms with Gasteiger partial charge in [0.15, 0.2) is 11.5 Å². The summed E-state index contributed by atoms with van der Waals surface area (Å²) in [5.74, 6) is -1.56. The maximum absolute atomic E-state index is 12.6. The number of nitrogens with zero attached hydrogens (tertiary/aromatic N) is 1. The number of benzene rings is 3. The van der Waals surface area contributed by atoms with Gasteiger partial charge in [-0.1, -0.05) is 18.2 Å². The van der Waals surface area contributed by atoms with Gasteiger partial charge in [0.1, 0.15) is 6.61 Å². The van der Waals surface area contributed by atoms with E-state index in [1.165, 1.54) is 49.6 Å². The molecule has 0 fully saturated rings. The van der Waals surface area contributed by atoms with E-state index < -0.39 is 24.4 Å². The Balaban J connectivity index is 1.42. The molecule has 168 valence electrons. The smallest absolute Gasteiger partial charge is 0.387 e. The number of alkyl halides is 2. The Morgan fingerprint density at radius 2 is 1.55 bits per heavy atom. The summed E-state index contributed by atoms with van der Waals surface area (Å²) in [5, 5.41) is 0. The summed E-state index contributed by atoms with van der Waals surface area (Å²) in [7, 11) is 1.30. The van der Waals surface area contributed by atoms with Gasteiger partial charge < -0.3 is 14.2 Å². The van der Waals surface area contributed by atoms with Crippen LogP contribution in [0.5, 0.6) is 11.5 Å². The van der Waals surface area contributed by atoms with Crippen molar-refractivity contribution < 1.29 is 37.4 Å². The third-order valence-corrected chi connectivity index (χ3v) is 4.97. The fourth-order valence-corrected chi connectivity index (χ4v) is 3.40. The van der Waals surface area contributed by atoms with Crippen molar-refractivity contribution in [1.29, 1.82) is 0 Å². The van der Waals surface area contributed by atoms with E-state index in [0.29, 0.717) is 22.4 Å². The van der Waals surface area contributed by atoms with Crippen LogP contribution in [0.25, 0.3) is 0 Å². The van der Waals surface area contributed by atoms with Crippen LogP contribution in [0.15, 0.2) is 66.7 Å². The lowest BCUT2D eigenvalue weighted by Crippen LogP contribution is -2.29. The molecule has 0 aliphatic carbocycles. The first-order valence-corrected chi connectivity index (χ1v) is 9.75. The SMILES string of the molecule is COc1cc(COC(=O)c2ccc(N3C(=O)c4ccccc4C3=O)cc2)ccc1OC(F)F.